The summed E-state index contributed by atoms with van der Waals surface area (Å²) in [6.07, 6.45) is 5.49. The highest BCUT2D eigenvalue weighted by Gasteiger charge is 2.33. The summed E-state index contributed by atoms with van der Waals surface area (Å²) < 4.78 is 0. The van der Waals surface area contributed by atoms with Crippen LogP contribution in [-0.4, -0.2) is 12.1 Å². The van der Waals surface area contributed by atoms with E-state index in [-0.39, 0.29) is 6.10 Å². The summed E-state index contributed by atoms with van der Waals surface area (Å²) in [4.78, 5) is 22.9. The van der Waals surface area contributed by atoms with Crippen molar-refractivity contribution in [1.29, 1.82) is 0 Å². The highest BCUT2D eigenvalue weighted by Crippen LogP contribution is 2.35. The lowest BCUT2D eigenvalue weighted by Crippen LogP contribution is -2.34. The molecule has 1 aromatic rings. The Balaban J connectivity index is 1.91. The third-order valence-corrected chi connectivity index (χ3v) is 4.94. The summed E-state index contributed by atoms with van der Waals surface area (Å²) >= 11 is 0. The summed E-state index contributed by atoms with van der Waals surface area (Å²) in [5.74, 6) is 1.24. The minimum Gasteiger partial charge on any atom is -0.293 e. The van der Waals surface area contributed by atoms with Crippen LogP contribution in [0.3, 0.4) is 0 Å². The summed E-state index contributed by atoms with van der Waals surface area (Å²) in [6.45, 7) is 8.81. The molecule has 3 unspecified atom stereocenters. The Hall–Kier alpha value is -1.35. The first kappa shape index (κ1) is 18.0. The average Bonchev–Trinajstić information content (AvgIpc) is 2.53. The quantitative estimate of drug-likeness (QED) is 0.535. The standard InChI is InChI=1S/C20H30O3/c1-5-6-16-8-10-17(11-9-16)20(21)23-22-19-13-15(4)7-12-18(19)14(2)3/h8-11,14-15,18-19H,5-7,12-13H2,1-4H3. The van der Waals surface area contributed by atoms with Gasteiger partial charge in [0.1, 0.15) is 6.10 Å². The predicted octanol–water partition coefficient (Wildman–Crippen LogP) is 5.19. The van der Waals surface area contributed by atoms with Gasteiger partial charge in [-0.15, -0.1) is 0 Å². The first-order valence-electron chi connectivity index (χ1n) is 8.97. The van der Waals surface area contributed by atoms with Gasteiger partial charge in [-0.25, -0.2) is 4.79 Å². The van der Waals surface area contributed by atoms with E-state index >= 15 is 0 Å². The molecule has 3 atom stereocenters. The van der Waals surface area contributed by atoms with Crippen molar-refractivity contribution in [3.05, 3.63) is 35.4 Å². The molecular formula is C20H30O3. The van der Waals surface area contributed by atoms with E-state index in [4.69, 9.17) is 9.78 Å². The number of rotatable bonds is 6. The minimum atomic E-state index is -0.395. The Bertz CT molecular complexity index is 492. The van der Waals surface area contributed by atoms with Crippen LogP contribution in [0, 0.1) is 17.8 Å². The smallest absolute Gasteiger partial charge is 0.293 e. The molecule has 1 saturated carbocycles. The van der Waals surface area contributed by atoms with E-state index in [1.54, 1.807) is 0 Å². The molecule has 3 heteroatoms. The second kappa shape index (κ2) is 8.49. The topological polar surface area (TPSA) is 35.5 Å². The van der Waals surface area contributed by atoms with Gasteiger partial charge in [-0.05, 0) is 54.7 Å². The van der Waals surface area contributed by atoms with Crippen molar-refractivity contribution in [3.63, 3.8) is 0 Å². The van der Waals surface area contributed by atoms with Gasteiger partial charge in [0.25, 0.3) is 0 Å². The van der Waals surface area contributed by atoms with E-state index in [1.807, 2.05) is 24.3 Å². The molecule has 0 saturated heterocycles. The van der Waals surface area contributed by atoms with Crippen molar-refractivity contribution < 1.29 is 14.6 Å². The predicted molar refractivity (Wildman–Crippen MR) is 92.1 cm³/mol. The molecule has 128 valence electrons. The van der Waals surface area contributed by atoms with Crippen LogP contribution in [0.4, 0.5) is 0 Å². The van der Waals surface area contributed by atoms with Crippen LogP contribution in [-0.2, 0) is 16.2 Å². The maximum atomic E-state index is 12.2. The lowest BCUT2D eigenvalue weighted by atomic mass is 9.75. The molecule has 1 aliphatic rings. The Morgan fingerprint density at radius 2 is 1.91 bits per heavy atom. The van der Waals surface area contributed by atoms with Crippen LogP contribution < -0.4 is 0 Å². The monoisotopic (exact) mass is 318 g/mol. The molecule has 1 aromatic carbocycles. The van der Waals surface area contributed by atoms with Crippen LogP contribution in [0.15, 0.2) is 24.3 Å². The maximum absolute atomic E-state index is 12.2. The maximum Gasteiger partial charge on any atom is 0.373 e. The average molecular weight is 318 g/mol. The second-order valence-electron chi connectivity index (χ2n) is 7.28. The molecule has 1 fully saturated rings. The first-order chi connectivity index (χ1) is 11.0. The van der Waals surface area contributed by atoms with Gasteiger partial charge < -0.3 is 0 Å². The van der Waals surface area contributed by atoms with E-state index in [1.165, 1.54) is 12.0 Å². The molecule has 0 spiro atoms. The molecule has 0 amide bonds. The molecule has 0 N–H and O–H groups in total. The molecule has 3 nitrogen and oxygen atoms in total. The Labute approximate surface area is 140 Å². The van der Waals surface area contributed by atoms with Gasteiger partial charge in [-0.2, -0.15) is 4.89 Å². The summed E-state index contributed by atoms with van der Waals surface area (Å²) in [7, 11) is 0. The molecule has 0 radical (unpaired) electrons. The van der Waals surface area contributed by atoms with E-state index < -0.39 is 5.97 Å². The number of hydrogen-bond acceptors (Lipinski definition) is 3. The summed E-state index contributed by atoms with van der Waals surface area (Å²) in [5, 5.41) is 0. The molecule has 0 aromatic heterocycles. The minimum absolute atomic E-state index is 0.0158. The Kier molecular flexibility index (Phi) is 6.64. The highest BCUT2D eigenvalue weighted by molar-refractivity contribution is 5.88. The SMILES string of the molecule is CCCc1ccc(C(=O)OOC2CC(C)CCC2C(C)C)cc1. The lowest BCUT2D eigenvalue weighted by molar-refractivity contribution is -0.296. The first-order valence-corrected chi connectivity index (χ1v) is 8.97. The third kappa shape index (κ3) is 5.07. The second-order valence-corrected chi connectivity index (χ2v) is 7.28. The van der Waals surface area contributed by atoms with Crippen molar-refractivity contribution in [3.8, 4) is 0 Å². The summed E-state index contributed by atoms with van der Waals surface area (Å²) in [5.41, 5.74) is 1.79. The van der Waals surface area contributed by atoms with Gasteiger partial charge in [0.2, 0.25) is 0 Å². The van der Waals surface area contributed by atoms with E-state index in [0.29, 0.717) is 23.3 Å². The van der Waals surface area contributed by atoms with Crippen LogP contribution in [0.5, 0.6) is 0 Å². The molecule has 0 bridgehead atoms. The van der Waals surface area contributed by atoms with Crippen molar-refractivity contribution in [2.24, 2.45) is 17.8 Å². The number of aryl methyl sites for hydroxylation is 1. The van der Waals surface area contributed by atoms with Crippen LogP contribution in [0.25, 0.3) is 0 Å². The van der Waals surface area contributed by atoms with Crippen LogP contribution in [0.1, 0.15) is 69.3 Å². The Morgan fingerprint density at radius 1 is 1.22 bits per heavy atom. The number of carbonyl (C=O) groups is 1. The summed E-state index contributed by atoms with van der Waals surface area (Å²) in [6, 6.07) is 7.61. The van der Waals surface area contributed by atoms with Gasteiger partial charge in [0, 0.05) is 0 Å². The lowest BCUT2D eigenvalue weighted by Gasteiger charge is -2.35. The van der Waals surface area contributed by atoms with E-state index in [2.05, 4.69) is 27.7 Å². The van der Waals surface area contributed by atoms with Gasteiger partial charge >= 0.3 is 5.97 Å². The van der Waals surface area contributed by atoms with Gasteiger partial charge in [-0.1, -0.05) is 52.7 Å². The number of carbonyl (C=O) groups excluding carboxylic acids is 1. The van der Waals surface area contributed by atoms with Crippen molar-refractivity contribution in [2.75, 3.05) is 0 Å². The highest BCUT2D eigenvalue weighted by atomic mass is 17.2. The molecule has 1 aliphatic carbocycles. The molecular weight excluding hydrogens is 288 g/mol. The zero-order valence-corrected chi connectivity index (χ0v) is 14.9. The third-order valence-electron chi connectivity index (χ3n) is 4.94. The van der Waals surface area contributed by atoms with Crippen LogP contribution >= 0.6 is 0 Å². The normalized spacial score (nSPS) is 24.7. The number of hydrogen-bond donors (Lipinski definition) is 0. The van der Waals surface area contributed by atoms with Crippen molar-refractivity contribution >= 4 is 5.97 Å². The van der Waals surface area contributed by atoms with E-state index in [9.17, 15) is 4.79 Å². The fourth-order valence-electron chi connectivity index (χ4n) is 3.48. The molecule has 0 aliphatic heterocycles. The molecule has 0 heterocycles. The number of benzene rings is 1. The van der Waals surface area contributed by atoms with Crippen molar-refractivity contribution in [2.45, 2.75) is 65.9 Å². The molecule has 2 rings (SSSR count). The van der Waals surface area contributed by atoms with Gasteiger partial charge in [0.05, 0.1) is 5.56 Å². The zero-order valence-electron chi connectivity index (χ0n) is 14.9. The molecule has 23 heavy (non-hydrogen) atoms. The van der Waals surface area contributed by atoms with Gasteiger partial charge in [0.15, 0.2) is 0 Å². The van der Waals surface area contributed by atoms with Crippen LogP contribution in [0.2, 0.25) is 0 Å². The fraction of sp³-hybridized carbons (Fsp3) is 0.650. The van der Waals surface area contributed by atoms with Gasteiger partial charge in [-0.3, -0.25) is 4.89 Å². The van der Waals surface area contributed by atoms with Crippen molar-refractivity contribution in [1.82, 2.24) is 0 Å². The van der Waals surface area contributed by atoms with E-state index in [0.717, 1.165) is 25.7 Å². The largest absolute Gasteiger partial charge is 0.373 e. The Morgan fingerprint density at radius 3 is 2.52 bits per heavy atom. The fourth-order valence-corrected chi connectivity index (χ4v) is 3.48. The zero-order chi connectivity index (χ0) is 16.8.